The lowest BCUT2D eigenvalue weighted by atomic mass is 10.0. The second-order valence-corrected chi connectivity index (χ2v) is 8.78. The van der Waals surface area contributed by atoms with E-state index in [1.165, 1.54) is 17.0 Å². The number of halogens is 1. The number of piperidine rings is 1. The molecule has 0 bridgehead atoms. The average Bonchev–Trinajstić information content (AvgIpc) is 3.15. The molecule has 0 saturated carbocycles. The van der Waals surface area contributed by atoms with E-state index in [4.69, 9.17) is 5.26 Å². The van der Waals surface area contributed by atoms with Crippen molar-refractivity contribution in [1.82, 2.24) is 20.1 Å². The van der Waals surface area contributed by atoms with E-state index in [0.29, 0.717) is 31.0 Å². The number of carbonyl (C=O) groups excluding carboxylic acids is 3. The van der Waals surface area contributed by atoms with Crippen molar-refractivity contribution in [2.24, 2.45) is 0 Å². The summed E-state index contributed by atoms with van der Waals surface area (Å²) in [4.78, 5) is 46.8. The minimum atomic E-state index is -0.730. The number of nitrogens with one attached hydrogen (secondary N) is 1. The van der Waals surface area contributed by atoms with Crippen molar-refractivity contribution < 1.29 is 18.8 Å². The quantitative estimate of drug-likeness (QED) is 0.680. The molecule has 34 heavy (non-hydrogen) atoms. The Kier molecular flexibility index (Phi) is 5.71. The Morgan fingerprint density at radius 3 is 2.62 bits per heavy atom. The Morgan fingerprint density at radius 1 is 1.15 bits per heavy atom. The van der Waals surface area contributed by atoms with E-state index < -0.39 is 17.8 Å². The van der Waals surface area contributed by atoms with Crippen molar-refractivity contribution in [1.29, 1.82) is 5.26 Å². The minimum absolute atomic E-state index is 0.175. The molecule has 174 valence electrons. The lowest BCUT2D eigenvalue weighted by Gasteiger charge is -2.37. The van der Waals surface area contributed by atoms with Crippen LogP contribution in [0.2, 0.25) is 0 Å². The summed E-state index contributed by atoms with van der Waals surface area (Å²) in [6, 6.07) is 7.57. The third-order valence-corrected chi connectivity index (χ3v) is 6.66. The minimum Gasteiger partial charge on any atom is -0.369 e. The number of imide groups is 1. The maximum atomic E-state index is 14.5. The van der Waals surface area contributed by atoms with Gasteiger partial charge in [-0.1, -0.05) is 6.07 Å². The molecule has 0 radical (unpaired) electrons. The number of hydrogen-bond acceptors (Lipinski definition) is 7. The molecular weight excluding hydrogens is 439 g/mol. The van der Waals surface area contributed by atoms with Crippen LogP contribution in [0.15, 0.2) is 30.5 Å². The number of anilines is 1. The number of nitrogens with zero attached hydrogens (tertiary/aromatic N) is 5. The van der Waals surface area contributed by atoms with Gasteiger partial charge in [-0.25, -0.2) is 9.37 Å². The largest absolute Gasteiger partial charge is 0.369 e. The molecule has 1 unspecified atom stereocenters. The molecule has 3 amide bonds. The Morgan fingerprint density at radius 2 is 1.94 bits per heavy atom. The fourth-order valence-electron chi connectivity index (χ4n) is 4.88. The van der Waals surface area contributed by atoms with Crippen LogP contribution in [0.4, 0.5) is 10.1 Å². The predicted molar refractivity (Wildman–Crippen MR) is 119 cm³/mol. The SMILES string of the molecule is N#Cc1ccc(CN2CCN(c3cc(F)cc4c3CN(C3CCC(=O)NC3=O)C4=O)CC2)cn1. The third-order valence-electron chi connectivity index (χ3n) is 6.66. The number of rotatable bonds is 4. The van der Waals surface area contributed by atoms with Crippen molar-refractivity contribution in [2.75, 3.05) is 31.1 Å². The fourth-order valence-corrected chi connectivity index (χ4v) is 4.88. The molecule has 1 atom stereocenters. The highest BCUT2D eigenvalue weighted by molar-refractivity contribution is 6.06. The molecule has 1 aromatic carbocycles. The first-order valence-electron chi connectivity index (χ1n) is 11.2. The highest BCUT2D eigenvalue weighted by atomic mass is 19.1. The van der Waals surface area contributed by atoms with Crippen LogP contribution < -0.4 is 10.2 Å². The molecule has 2 fully saturated rings. The molecule has 10 heteroatoms. The van der Waals surface area contributed by atoms with Gasteiger partial charge in [-0.15, -0.1) is 0 Å². The van der Waals surface area contributed by atoms with Crippen molar-refractivity contribution in [3.63, 3.8) is 0 Å². The summed E-state index contributed by atoms with van der Waals surface area (Å²) >= 11 is 0. The predicted octanol–water partition coefficient (Wildman–Crippen LogP) is 1.18. The van der Waals surface area contributed by atoms with E-state index in [1.807, 2.05) is 12.1 Å². The van der Waals surface area contributed by atoms with Crippen LogP contribution in [0.25, 0.3) is 0 Å². The van der Waals surface area contributed by atoms with Crippen molar-refractivity contribution in [3.05, 3.63) is 58.7 Å². The number of fused-ring (bicyclic) bond motifs is 1. The van der Waals surface area contributed by atoms with Crippen LogP contribution in [-0.4, -0.2) is 64.7 Å². The molecule has 3 aliphatic heterocycles. The normalized spacial score (nSPS) is 20.8. The van der Waals surface area contributed by atoms with E-state index in [0.717, 1.165) is 24.2 Å². The van der Waals surface area contributed by atoms with Gasteiger partial charge in [0, 0.05) is 68.7 Å². The van der Waals surface area contributed by atoms with E-state index >= 15 is 0 Å². The molecule has 0 aliphatic carbocycles. The van der Waals surface area contributed by atoms with Gasteiger partial charge in [0.15, 0.2) is 0 Å². The Hall–Kier alpha value is -3.84. The van der Waals surface area contributed by atoms with Gasteiger partial charge >= 0.3 is 0 Å². The van der Waals surface area contributed by atoms with Crippen LogP contribution in [0.5, 0.6) is 0 Å². The molecule has 3 aliphatic rings. The molecule has 0 spiro atoms. The topological polar surface area (TPSA) is 110 Å². The van der Waals surface area contributed by atoms with Crippen molar-refractivity contribution in [2.45, 2.75) is 32.0 Å². The maximum Gasteiger partial charge on any atom is 0.255 e. The van der Waals surface area contributed by atoms with Gasteiger partial charge in [-0.2, -0.15) is 5.26 Å². The standard InChI is InChI=1S/C24H23FN6O3/c25-16-9-18-19(14-31(24(18)34)20-3-4-22(32)28-23(20)33)21(10-16)30-7-5-29(6-8-30)13-15-1-2-17(11-26)27-12-15/h1-2,9-10,12,20H,3-8,13-14H2,(H,28,32,33). The molecule has 1 N–H and O–H groups in total. The Balaban J connectivity index is 1.29. The summed E-state index contributed by atoms with van der Waals surface area (Å²) in [5.41, 5.74) is 3.09. The number of carbonyl (C=O) groups is 3. The average molecular weight is 462 g/mol. The molecule has 9 nitrogen and oxygen atoms in total. The van der Waals surface area contributed by atoms with Gasteiger partial charge in [-0.3, -0.25) is 24.6 Å². The number of nitriles is 1. The summed E-state index contributed by atoms with van der Waals surface area (Å²) in [5.74, 6) is -1.69. The first kappa shape index (κ1) is 22.0. The molecule has 2 aromatic rings. The Labute approximate surface area is 195 Å². The van der Waals surface area contributed by atoms with Gasteiger partial charge in [0.25, 0.3) is 5.91 Å². The number of pyridine rings is 1. The van der Waals surface area contributed by atoms with Gasteiger partial charge in [-0.05, 0) is 30.2 Å². The lowest BCUT2D eigenvalue weighted by Crippen LogP contribution is -2.52. The monoisotopic (exact) mass is 462 g/mol. The van der Waals surface area contributed by atoms with Gasteiger partial charge in [0.1, 0.15) is 23.6 Å². The van der Waals surface area contributed by atoms with Crippen LogP contribution in [-0.2, 0) is 22.7 Å². The van der Waals surface area contributed by atoms with E-state index in [2.05, 4.69) is 20.1 Å². The zero-order chi connectivity index (χ0) is 23.8. The summed E-state index contributed by atoms with van der Waals surface area (Å²) in [7, 11) is 0. The second-order valence-electron chi connectivity index (χ2n) is 8.78. The summed E-state index contributed by atoms with van der Waals surface area (Å²) < 4.78 is 14.5. The summed E-state index contributed by atoms with van der Waals surface area (Å²) in [5, 5.41) is 11.2. The molecule has 5 rings (SSSR count). The van der Waals surface area contributed by atoms with Gasteiger partial charge in [0.2, 0.25) is 11.8 Å². The highest BCUT2D eigenvalue weighted by Crippen LogP contribution is 2.35. The lowest BCUT2D eigenvalue weighted by molar-refractivity contribution is -0.136. The van der Waals surface area contributed by atoms with Crippen LogP contribution >= 0.6 is 0 Å². The van der Waals surface area contributed by atoms with Crippen LogP contribution in [0.3, 0.4) is 0 Å². The zero-order valence-electron chi connectivity index (χ0n) is 18.5. The summed E-state index contributed by atoms with van der Waals surface area (Å²) in [6.07, 6.45) is 2.15. The molecular formula is C24H23FN6O3. The van der Waals surface area contributed by atoms with Gasteiger partial charge in [0.05, 0.1) is 0 Å². The first-order chi connectivity index (χ1) is 16.4. The fraction of sp³-hybridized carbons (Fsp3) is 0.375. The number of piperazine rings is 1. The Bertz CT molecular complexity index is 1200. The molecule has 2 saturated heterocycles. The molecule has 4 heterocycles. The van der Waals surface area contributed by atoms with E-state index in [-0.39, 0.29) is 36.8 Å². The third kappa shape index (κ3) is 4.10. The number of benzene rings is 1. The van der Waals surface area contributed by atoms with Crippen molar-refractivity contribution >= 4 is 23.4 Å². The second kappa shape index (κ2) is 8.83. The van der Waals surface area contributed by atoms with Crippen LogP contribution in [0.1, 0.15) is 40.0 Å². The van der Waals surface area contributed by atoms with Crippen molar-refractivity contribution in [3.8, 4) is 6.07 Å². The number of amides is 3. The zero-order valence-corrected chi connectivity index (χ0v) is 18.5. The van der Waals surface area contributed by atoms with E-state index in [9.17, 15) is 18.8 Å². The maximum absolute atomic E-state index is 14.5. The highest BCUT2D eigenvalue weighted by Gasteiger charge is 2.41. The van der Waals surface area contributed by atoms with E-state index in [1.54, 1.807) is 12.3 Å². The smallest absolute Gasteiger partial charge is 0.255 e. The van der Waals surface area contributed by atoms with Gasteiger partial charge < -0.3 is 9.80 Å². The summed E-state index contributed by atoms with van der Waals surface area (Å²) in [6.45, 7) is 3.73. The number of aromatic nitrogens is 1. The first-order valence-corrected chi connectivity index (χ1v) is 11.2. The van der Waals surface area contributed by atoms with Crippen LogP contribution in [0, 0.1) is 17.1 Å². The number of hydrogen-bond donors (Lipinski definition) is 1. The molecule has 1 aromatic heterocycles.